The van der Waals surface area contributed by atoms with Crippen LogP contribution in [0, 0.1) is 5.82 Å². The molecule has 3 nitrogen and oxygen atoms in total. The molecule has 0 aliphatic carbocycles. The summed E-state index contributed by atoms with van der Waals surface area (Å²) in [5.74, 6) is 0.602. The minimum atomic E-state index is -0.316. The Morgan fingerprint density at radius 3 is 2.42 bits per heavy atom. The van der Waals surface area contributed by atoms with Gasteiger partial charge in [-0.1, -0.05) is 20.8 Å². The first-order valence-corrected chi connectivity index (χ1v) is 6.67. The lowest BCUT2D eigenvalue weighted by molar-refractivity contribution is 0.568. The van der Waals surface area contributed by atoms with Gasteiger partial charge in [-0.05, 0) is 34.1 Å². The van der Waals surface area contributed by atoms with Gasteiger partial charge in [0.2, 0.25) is 0 Å². The summed E-state index contributed by atoms with van der Waals surface area (Å²) in [6.45, 7) is 6.16. The zero-order chi connectivity index (χ0) is 14.2. The van der Waals surface area contributed by atoms with E-state index in [1.165, 1.54) is 6.07 Å². The third kappa shape index (κ3) is 3.10. The maximum Gasteiger partial charge on any atom is 0.161 e. The molecule has 2 rings (SSSR count). The highest BCUT2D eigenvalue weighted by atomic mass is 79.9. The average molecular weight is 324 g/mol. The molecule has 0 atom stereocenters. The number of nitrogen functional groups attached to an aromatic ring is 1. The number of rotatable bonds is 1. The Morgan fingerprint density at radius 2 is 1.84 bits per heavy atom. The standard InChI is InChI=1S/C14H15BrFN3/c1-14(2,3)11-7-12(17)19-13(18-11)8-4-5-10(16)9(15)6-8/h4-7H,1-3H3,(H2,17,18,19). The number of hydrogen-bond donors (Lipinski definition) is 1. The van der Waals surface area contributed by atoms with Gasteiger partial charge in [0.15, 0.2) is 5.82 Å². The molecule has 100 valence electrons. The van der Waals surface area contributed by atoms with Crippen LogP contribution in [0.1, 0.15) is 26.5 Å². The van der Waals surface area contributed by atoms with Crippen molar-refractivity contribution in [2.75, 3.05) is 5.73 Å². The fourth-order valence-electron chi connectivity index (χ4n) is 1.61. The molecule has 0 saturated carbocycles. The average Bonchev–Trinajstić information content (AvgIpc) is 2.31. The van der Waals surface area contributed by atoms with Gasteiger partial charge in [0.1, 0.15) is 11.6 Å². The van der Waals surface area contributed by atoms with Crippen LogP contribution < -0.4 is 5.73 Å². The first kappa shape index (κ1) is 13.9. The fraction of sp³-hybridized carbons (Fsp3) is 0.286. The van der Waals surface area contributed by atoms with E-state index in [1.807, 2.05) is 0 Å². The first-order valence-electron chi connectivity index (χ1n) is 5.88. The van der Waals surface area contributed by atoms with Crippen LogP contribution in [-0.4, -0.2) is 9.97 Å². The van der Waals surface area contributed by atoms with Gasteiger partial charge in [0, 0.05) is 17.0 Å². The maximum atomic E-state index is 13.2. The van der Waals surface area contributed by atoms with Crippen LogP contribution in [0.5, 0.6) is 0 Å². The second-order valence-corrected chi connectivity index (χ2v) is 6.23. The van der Waals surface area contributed by atoms with Crippen molar-refractivity contribution >= 4 is 21.7 Å². The van der Waals surface area contributed by atoms with Crippen molar-refractivity contribution < 1.29 is 4.39 Å². The molecule has 19 heavy (non-hydrogen) atoms. The molecule has 0 unspecified atom stereocenters. The van der Waals surface area contributed by atoms with E-state index < -0.39 is 0 Å². The minimum absolute atomic E-state index is 0.122. The zero-order valence-electron chi connectivity index (χ0n) is 11.0. The van der Waals surface area contributed by atoms with E-state index in [9.17, 15) is 4.39 Å². The molecule has 0 saturated heterocycles. The quantitative estimate of drug-likeness (QED) is 0.865. The van der Waals surface area contributed by atoms with Crippen LogP contribution in [0.25, 0.3) is 11.4 Å². The number of benzene rings is 1. The van der Waals surface area contributed by atoms with Crippen molar-refractivity contribution in [3.05, 3.63) is 40.2 Å². The largest absolute Gasteiger partial charge is 0.384 e. The Labute approximate surface area is 120 Å². The van der Waals surface area contributed by atoms with E-state index in [-0.39, 0.29) is 11.2 Å². The number of aromatic nitrogens is 2. The summed E-state index contributed by atoms with van der Waals surface area (Å²) in [5, 5.41) is 0. The predicted octanol–water partition coefficient (Wildman–Crippen LogP) is 3.92. The minimum Gasteiger partial charge on any atom is -0.384 e. The highest BCUT2D eigenvalue weighted by Gasteiger charge is 2.18. The Hall–Kier alpha value is -1.49. The van der Waals surface area contributed by atoms with Crippen molar-refractivity contribution in [1.29, 1.82) is 0 Å². The van der Waals surface area contributed by atoms with E-state index in [4.69, 9.17) is 5.73 Å². The van der Waals surface area contributed by atoms with Gasteiger partial charge in [-0.3, -0.25) is 0 Å². The van der Waals surface area contributed by atoms with Gasteiger partial charge in [0.05, 0.1) is 10.2 Å². The Bertz CT molecular complexity index is 621. The van der Waals surface area contributed by atoms with Gasteiger partial charge < -0.3 is 5.73 Å². The molecule has 1 aromatic carbocycles. The van der Waals surface area contributed by atoms with Crippen LogP contribution in [0.2, 0.25) is 0 Å². The lowest BCUT2D eigenvalue weighted by atomic mass is 9.92. The lowest BCUT2D eigenvalue weighted by Gasteiger charge is -2.18. The normalized spacial score (nSPS) is 11.6. The van der Waals surface area contributed by atoms with Crippen molar-refractivity contribution in [3.8, 4) is 11.4 Å². The number of hydrogen-bond acceptors (Lipinski definition) is 3. The molecule has 5 heteroatoms. The Kier molecular flexibility index (Phi) is 3.58. The van der Waals surface area contributed by atoms with Crippen LogP contribution in [-0.2, 0) is 5.41 Å². The molecule has 0 fully saturated rings. The van der Waals surface area contributed by atoms with Crippen molar-refractivity contribution in [3.63, 3.8) is 0 Å². The van der Waals surface area contributed by atoms with E-state index in [0.29, 0.717) is 16.1 Å². The Morgan fingerprint density at radius 1 is 1.16 bits per heavy atom. The van der Waals surface area contributed by atoms with Crippen LogP contribution in [0.3, 0.4) is 0 Å². The number of nitrogens with two attached hydrogens (primary N) is 1. The molecule has 1 aromatic heterocycles. The highest BCUT2D eigenvalue weighted by molar-refractivity contribution is 9.10. The van der Waals surface area contributed by atoms with Crippen molar-refractivity contribution in [2.45, 2.75) is 26.2 Å². The maximum absolute atomic E-state index is 13.2. The summed E-state index contributed by atoms with van der Waals surface area (Å²) in [7, 11) is 0. The van der Waals surface area contributed by atoms with Crippen LogP contribution in [0.15, 0.2) is 28.7 Å². The molecular weight excluding hydrogens is 309 g/mol. The van der Waals surface area contributed by atoms with Gasteiger partial charge in [-0.2, -0.15) is 0 Å². The second kappa shape index (κ2) is 4.89. The molecule has 0 aliphatic heterocycles. The zero-order valence-corrected chi connectivity index (χ0v) is 12.6. The van der Waals surface area contributed by atoms with Crippen molar-refractivity contribution in [1.82, 2.24) is 9.97 Å². The number of halogens is 2. The predicted molar refractivity (Wildman–Crippen MR) is 78.2 cm³/mol. The molecule has 0 radical (unpaired) electrons. The van der Waals surface area contributed by atoms with E-state index in [1.54, 1.807) is 18.2 Å². The van der Waals surface area contributed by atoms with Gasteiger partial charge in [-0.15, -0.1) is 0 Å². The summed E-state index contributed by atoms with van der Waals surface area (Å²) in [6.07, 6.45) is 0. The van der Waals surface area contributed by atoms with Crippen molar-refractivity contribution in [2.24, 2.45) is 0 Å². The SMILES string of the molecule is CC(C)(C)c1cc(N)nc(-c2ccc(F)c(Br)c2)n1. The molecular formula is C14H15BrFN3. The molecule has 2 N–H and O–H groups in total. The summed E-state index contributed by atoms with van der Waals surface area (Å²) in [5.41, 5.74) is 7.29. The van der Waals surface area contributed by atoms with E-state index >= 15 is 0 Å². The summed E-state index contributed by atoms with van der Waals surface area (Å²) >= 11 is 3.16. The highest BCUT2D eigenvalue weighted by Crippen LogP contribution is 2.27. The monoisotopic (exact) mass is 323 g/mol. The van der Waals surface area contributed by atoms with E-state index in [0.717, 1.165) is 11.3 Å². The van der Waals surface area contributed by atoms with Crippen LogP contribution >= 0.6 is 15.9 Å². The topological polar surface area (TPSA) is 51.8 Å². The Balaban J connectivity index is 2.56. The molecule has 0 amide bonds. The second-order valence-electron chi connectivity index (χ2n) is 5.38. The molecule has 0 bridgehead atoms. The van der Waals surface area contributed by atoms with Crippen LogP contribution in [0.4, 0.5) is 10.2 Å². The summed E-state index contributed by atoms with van der Waals surface area (Å²) in [6, 6.07) is 6.43. The molecule has 0 spiro atoms. The third-order valence-electron chi connectivity index (χ3n) is 2.69. The third-order valence-corrected chi connectivity index (χ3v) is 3.30. The van der Waals surface area contributed by atoms with Gasteiger partial charge in [-0.25, -0.2) is 14.4 Å². The first-order chi connectivity index (χ1) is 8.77. The number of nitrogens with zero attached hydrogens (tertiary/aromatic N) is 2. The smallest absolute Gasteiger partial charge is 0.161 e. The van der Waals surface area contributed by atoms with Gasteiger partial charge >= 0.3 is 0 Å². The molecule has 0 aliphatic rings. The molecule has 2 aromatic rings. The summed E-state index contributed by atoms with van der Waals surface area (Å²) in [4.78, 5) is 8.72. The van der Waals surface area contributed by atoms with E-state index in [2.05, 4.69) is 46.7 Å². The van der Waals surface area contributed by atoms with Gasteiger partial charge in [0.25, 0.3) is 0 Å². The fourth-order valence-corrected chi connectivity index (χ4v) is 1.99. The summed E-state index contributed by atoms with van der Waals surface area (Å²) < 4.78 is 13.6. The number of anilines is 1. The molecule has 1 heterocycles. The lowest BCUT2D eigenvalue weighted by Crippen LogP contribution is -2.15.